The first-order valence-electron chi connectivity index (χ1n) is 8.70. The van der Waals surface area contributed by atoms with Crippen molar-refractivity contribution in [3.05, 3.63) is 89.4 Å². The van der Waals surface area contributed by atoms with Gasteiger partial charge in [-0.15, -0.1) is 11.8 Å². The van der Waals surface area contributed by atoms with Crippen molar-refractivity contribution in [2.75, 3.05) is 16.4 Å². The number of hydrogen-bond donors (Lipinski definition) is 2. The molecule has 0 heterocycles. The highest BCUT2D eigenvalue weighted by atomic mass is 35.5. The van der Waals surface area contributed by atoms with Crippen molar-refractivity contribution in [2.45, 2.75) is 11.3 Å². The third-order valence-corrected chi connectivity index (χ3v) is 5.07. The zero-order chi connectivity index (χ0) is 19.8. The zero-order valence-corrected chi connectivity index (χ0v) is 16.6. The van der Waals surface area contributed by atoms with Gasteiger partial charge in [-0.2, -0.15) is 0 Å². The van der Waals surface area contributed by atoms with Crippen LogP contribution in [0.5, 0.6) is 0 Å². The van der Waals surface area contributed by atoms with Gasteiger partial charge in [0.05, 0.1) is 12.2 Å². The van der Waals surface area contributed by atoms with E-state index in [9.17, 15) is 9.59 Å². The van der Waals surface area contributed by atoms with E-state index in [2.05, 4.69) is 10.6 Å². The number of nitrogens with one attached hydrogen (secondary N) is 2. The molecule has 3 rings (SSSR count). The second-order valence-electron chi connectivity index (χ2n) is 6.08. The Kier molecular flexibility index (Phi) is 7.12. The summed E-state index contributed by atoms with van der Waals surface area (Å²) in [5.41, 5.74) is 2.38. The SMILES string of the molecule is O=C(CSc1cccc(NC(=O)Cc2ccccc2)c1)Nc1ccc(Cl)cc1. The number of rotatable bonds is 7. The molecule has 6 heteroatoms. The second-order valence-corrected chi connectivity index (χ2v) is 7.57. The molecule has 0 aliphatic heterocycles. The third kappa shape index (κ3) is 6.44. The van der Waals surface area contributed by atoms with Gasteiger partial charge in [0.15, 0.2) is 0 Å². The number of hydrogen-bond acceptors (Lipinski definition) is 3. The van der Waals surface area contributed by atoms with E-state index in [1.165, 1.54) is 11.8 Å². The lowest BCUT2D eigenvalue weighted by Gasteiger charge is -2.08. The number of thioether (sulfide) groups is 1. The fraction of sp³-hybridized carbons (Fsp3) is 0.0909. The molecule has 142 valence electrons. The maximum atomic E-state index is 12.2. The van der Waals surface area contributed by atoms with E-state index in [4.69, 9.17) is 11.6 Å². The van der Waals surface area contributed by atoms with Gasteiger partial charge in [-0.25, -0.2) is 0 Å². The zero-order valence-electron chi connectivity index (χ0n) is 15.0. The molecule has 0 radical (unpaired) electrons. The molecule has 3 aromatic rings. The van der Waals surface area contributed by atoms with Gasteiger partial charge in [0, 0.05) is 21.3 Å². The molecule has 0 aliphatic rings. The topological polar surface area (TPSA) is 58.2 Å². The Labute approximate surface area is 173 Å². The molecule has 0 fully saturated rings. The van der Waals surface area contributed by atoms with Crippen LogP contribution in [0, 0.1) is 0 Å². The van der Waals surface area contributed by atoms with E-state index >= 15 is 0 Å². The lowest BCUT2D eigenvalue weighted by Crippen LogP contribution is -2.14. The number of amides is 2. The van der Waals surface area contributed by atoms with Crippen molar-refractivity contribution >= 4 is 46.6 Å². The summed E-state index contributed by atoms with van der Waals surface area (Å²) in [6.45, 7) is 0. The van der Waals surface area contributed by atoms with Gasteiger partial charge in [0.1, 0.15) is 0 Å². The maximum absolute atomic E-state index is 12.2. The molecule has 2 N–H and O–H groups in total. The molecule has 4 nitrogen and oxygen atoms in total. The molecule has 0 atom stereocenters. The molecule has 0 spiro atoms. The summed E-state index contributed by atoms with van der Waals surface area (Å²) in [5.74, 6) is 0.0870. The smallest absolute Gasteiger partial charge is 0.234 e. The summed E-state index contributed by atoms with van der Waals surface area (Å²) >= 11 is 7.25. The number of anilines is 2. The van der Waals surface area contributed by atoms with Crippen molar-refractivity contribution in [3.8, 4) is 0 Å². The van der Waals surface area contributed by atoms with Gasteiger partial charge in [-0.05, 0) is 48.0 Å². The van der Waals surface area contributed by atoms with Gasteiger partial charge in [-0.3, -0.25) is 9.59 Å². The van der Waals surface area contributed by atoms with Gasteiger partial charge >= 0.3 is 0 Å². The third-order valence-electron chi connectivity index (χ3n) is 3.82. The minimum absolute atomic E-state index is 0.0752. The van der Waals surface area contributed by atoms with Crippen LogP contribution in [-0.2, 0) is 16.0 Å². The molecule has 28 heavy (non-hydrogen) atoms. The predicted octanol–water partition coefficient (Wildman–Crippen LogP) is 5.25. The Bertz CT molecular complexity index is 946. The summed E-state index contributed by atoms with van der Waals surface area (Å²) in [6, 6.07) is 24.0. The molecule has 0 saturated carbocycles. The van der Waals surface area contributed by atoms with Crippen molar-refractivity contribution < 1.29 is 9.59 Å². The van der Waals surface area contributed by atoms with Crippen molar-refractivity contribution in [1.29, 1.82) is 0 Å². The van der Waals surface area contributed by atoms with Crippen LogP contribution >= 0.6 is 23.4 Å². The van der Waals surface area contributed by atoms with Gasteiger partial charge < -0.3 is 10.6 Å². The maximum Gasteiger partial charge on any atom is 0.234 e. The molecule has 0 unspecified atom stereocenters. The Hall–Kier alpha value is -2.76. The van der Waals surface area contributed by atoms with Gasteiger partial charge in [0.25, 0.3) is 0 Å². The molecule has 0 bridgehead atoms. The van der Waals surface area contributed by atoms with Crippen LogP contribution in [0.2, 0.25) is 5.02 Å². The summed E-state index contributed by atoms with van der Waals surface area (Å²) in [7, 11) is 0. The molecule has 0 aromatic heterocycles. The summed E-state index contributed by atoms with van der Waals surface area (Å²) in [5, 5.41) is 6.35. The number of carbonyl (C=O) groups excluding carboxylic acids is 2. The van der Waals surface area contributed by atoms with E-state index in [0.717, 1.165) is 10.5 Å². The lowest BCUT2D eigenvalue weighted by molar-refractivity contribution is -0.115. The van der Waals surface area contributed by atoms with Gasteiger partial charge in [0.2, 0.25) is 11.8 Å². The summed E-state index contributed by atoms with van der Waals surface area (Å²) < 4.78 is 0. The van der Waals surface area contributed by atoms with Crippen molar-refractivity contribution in [1.82, 2.24) is 0 Å². The first-order chi connectivity index (χ1) is 13.6. The number of benzene rings is 3. The number of halogens is 1. The first-order valence-corrected chi connectivity index (χ1v) is 10.1. The average Bonchev–Trinajstić information content (AvgIpc) is 2.69. The average molecular weight is 411 g/mol. The fourth-order valence-corrected chi connectivity index (χ4v) is 3.41. The summed E-state index contributed by atoms with van der Waals surface area (Å²) in [4.78, 5) is 25.2. The minimum Gasteiger partial charge on any atom is -0.326 e. The van der Waals surface area contributed by atoms with Crippen LogP contribution in [0.4, 0.5) is 11.4 Å². The Morgan fingerprint density at radius 2 is 1.50 bits per heavy atom. The molecule has 0 aliphatic carbocycles. The summed E-state index contributed by atoms with van der Waals surface area (Å²) in [6.07, 6.45) is 0.321. The number of carbonyl (C=O) groups is 2. The van der Waals surface area contributed by atoms with Crippen LogP contribution in [-0.4, -0.2) is 17.6 Å². The van der Waals surface area contributed by atoms with Crippen LogP contribution < -0.4 is 10.6 Å². The molecule has 0 saturated heterocycles. The second kappa shape index (κ2) is 9.97. The molecule has 3 aromatic carbocycles. The highest BCUT2D eigenvalue weighted by Crippen LogP contribution is 2.22. The monoisotopic (exact) mass is 410 g/mol. The van der Waals surface area contributed by atoms with Crippen molar-refractivity contribution in [3.63, 3.8) is 0 Å². The van der Waals surface area contributed by atoms with E-state index in [-0.39, 0.29) is 17.6 Å². The van der Waals surface area contributed by atoms with E-state index in [1.807, 2.05) is 54.6 Å². The molecular weight excluding hydrogens is 392 g/mol. The van der Waals surface area contributed by atoms with Gasteiger partial charge in [-0.1, -0.05) is 48.0 Å². The molecular formula is C22H19ClN2O2S. The van der Waals surface area contributed by atoms with Crippen molar-refractivity contribution in [2.24, 2.45) is 0 Å². The Morgan fingerprint density at radius 3 is 2.25 bits per heavy atom. The van der Waals surface area contributed by atoms with Crippen LogP contribution in [0.25, 0.3) is 0 Å². The van der Waals surface area contributed by atoms with E-state index in [0.29, 0.717) is 22.8 Å². The lowest BCUT2D eigenvalue weighted by atomic mass is 10.1. The van der Waals surface area contributed by atoms with Crippen LogP contribution in [0.3, 0.4) is 0 Å². The Balaban J connectivity index is 1.50. The van der Waals surface area contributed by atoms with E-state index < -0.39 is 0 Å². The quantitative estimate of drug-likeness (QED) is 0.523. The molecule has 2 amide bonds. The van der Waals surface area contributed by atoms with Crippen LogP contribution in [0.1, 0.15) is 5.56 Å². The normalized spacial score (nSPS) is 10.3. The van der Waals surface area contributed by atoms with E-state index in [1.54, 1.807) is 24.3 Å². The largest absolute Gasteiger partial charge is 0.326 e. The van der Waals surface area contributed by atoms with Crippen LogP contribution in [0.15, 0.2) is 83.8 Å². The fourth-order valence-electron chi connectivity index (χ4n) is 2.53. The Morgan fingerprint density at radius 1 is 0.786 bits per heavy atom. The highest BCUT2D eigenvalue weighted by molar-refractivity contribution is 8.00. The highest BCUT2D eigenvalue weighted by Gasteiger charge is 2.07. The standard InChI is InChI=1S/C22H19ClN2O2S/c23-17-9-11-18(12-10-17)24-22(27)15-28-20-8-4-7-19(14-20)25-21(26)13-16-5-2-1-3-6-16/h1-12,14H,13,15H2,(H,24,27)(H,25,26). The minimum atomic E-state index is -0.106. The first kappa shape index (κ1) is 20.0. The predicted molar refractivity (Wildman–Crippen MR) is 116 cm³/mol.